The van der Waals surface area contributed by atoms with Crippen molar-refractivity contribution in [3.05, 3.63) is 71.4 Å². The second-order valence-electron chi connectivity index (χ2n) is 7.56. The average Bonchev–Trinajstić information content (AvgIpc) is 3.32. The fourth-order valence-electron chi connectivity index (χ4n) is 3.83. The van der Waals surface area contributed by atoms with Crippen LogP contribution in [0.2, 0.25) is 0 Å². The number of carbonyl (C=O) groups is 1. The van der Waals surface area contributed by atoms with E-state index in [1.165, 1.54) is 9.13 Å². The number of anilines is 2. The van der Waals surface area contributed by atoms with Crippen molar-refractivity contribution in [2.75, 3.05) is 10.6 Å². The Kier molecular flexibility index (Phi) is 4.82. The van der Waals surface area contributed by atoms with Crippen molar-refractivity contribution in [2.24, 2.45) is 21.1 Å². The monoisotopic (exact) mass is 443 g/mol. The van der Waals surface area contributed by atoms with Gasteiger partial charge in [-0.05, 0) is 12.1 Å². The number of imidazole rings is 1. The van der Waals surface area contributed by atoms with Gasteiger partial charge in [0.2, 0.25) is 0 Å². The van der Waals surface area contributed by atoms with Gasteiger partial charge in [-0.1, -0.05) is 24.3 Å². The molecule has 0 aliphatic carbocycles. The van der Waals surface area contributed by atoms with E-state index in [0.29, 0.717) is 34.2 Å². The van der Waals surface area contributed by atoms with Gasteiger partial charge in [0, 0.05) is 50.2 Å². The molecule has 2 aromatic carbocycles. The molecule has 5 aromatic rings. The van der Waals surface area contributed by atoms with Gasteiger partial charge in [-0.3, -0.25) is 19.1 Å². The summed E-state index contributed by atoms with van der Waals surface area (Å²) in [6, 6.07) is 14.2. The van der Waals surface area contributed by atoms with Crippen LogP contribution in [0.15, 0.2) is 65.7 Å². The van der Waals surface area contributed by atoms with Crippen LogP contribution in [0, 0.1) is 0 Å². The van der Waals surface area contributed by atoms with Crippen molar-refractivity contribution in [3.8, 4) is 11.5 Å². The highest BCUT2D eigenvalue weighted by Crippen LogP contribution is 2.36. The van der Waals surface area contributed by atoms with Crippen LogP contribution in [0.25, 0.3) is 21.9 Å². The highest BCUT2D eigenvalue weighted by molar-refractivity contribution is 6.07. The van der Waals surface area contributed by atoms with E-state index in [-0.39, 0.29) is 11.7 Å². The maximum atomic E-state index is 12.5. The number of rotatable bonds is 4. The van der Waals surface area contributed by atoms with Crippen molar-refractivity contribution in [1.82, 2.24) is 23.9 Å². The zero-order chi connectivity index (χ0) is 23.1. The molecule has 2 N–H and O–H groups in total. The summed E-state index contributed by atoms with van der Waals surface area (Å²) in [4.78, 5) is 29.2. The van der Waals surface area contributed by atoms with Gasteiger partial charge >= 0.3 is 11.7 Å². The summed E-state index contributed by atoms with van der Waals surface area (Å²) in [5.74, 6) is 1.68. The molecule has 0 spiro atoms. The highest BCUT2D eigenvalue weighted by Gasteiger charge is 2.16. The molecule has 0 bridgehead atoms. The number of urea groups is 1. The highest BCUT2D eigenvalue weighted by atomic mass is 16.5. The number of carbonyl (C=O) groups excluding carboxylic acids is 1. The average molecular weight is 443 g/mol. The van der Waals surface area contributed by atoms with Crippen molar-refractivity contribution >= 4 is 39.5 Å². The van der Waals surface area contributed by atoms with Crippen molar-refractivity contribution in [1.29, 1.82) is 0 Å². The third kappa shape index (κ3) is 3.47. The predicted molar refractivity (Wildman–Crippen MR) is 126 cm³/mol. The predicted octanol–water partition coefficient (Wildman–Crippen LogP) is 3.60. The smallest absolute Gasteiger partial charge is 0.329 e. The third-order valence-corrected chi connectivity index (χ3v) is 5.51. The molecule has 0 aliphatic rings. The molecule has 5 rings (SSSR count). The fraction of sp³-hybridized carbons (Fsp3) is 0.130. The Morgan fingerprint density at radius 2 is 1.67 bits per heavy atom. The first-order valence-corrected chi connectivity index (χ1v) is 10.2. The van der Waals surface area contributed by atoms with Crippen molar-refractivity contribution in [2.45, 2.75) is 0 Å². The van der Waals surface area contributed by atoms with Gasteiger partial charge in [0.25, 0.3) is 0 Å². The summed E-state index contributed by atoms with van der Waals surface area (Å²) in [7, 11) is 5.11. The molecule has 3 aromatic heterocycles. The van der Waals surface area contributed by atoms with Crippen LogP contribution in [-0.2, 0) is 21.1 Å². The number of benzene rings is 2. The molecule has 166 valence electrons. The molecule has 10 nitrogen and oxygen atoms in total. The Morgan fingerprint density at radius 3 is 2.42 bits per heavy atom. The van der Waals surface area contributed by atoms with E-state index < -0.39 is 0 Å². The Morgan fingerprint density at radius 1 is 0.879 bits per heavy atom. The zero-order valence-corrected chi connectivity index (χ0v) is 18.2. The summed E-state index contributed by atoms with van der Waals surface area (Å²) in [6.45, 7) is 0. The van der Waals surface area contributed by atoms with E-state index in [1.54, 1.807) is 62.5 Å². The molecule has 0 saturated heterocycles. The molecule has 10 heteroatoms. The minimum absolute atomic E-state index is 0.183. The molecule has 2 amide bonds. The third-order valence-electron chi connectivity index (χ3n) is 5.51. The Labute approximate surface area is 188 Å². The molecule has 0 unspecified atom stereocenters. The van der Waals surface area contributed by atoms with Gasteiger partial charge in [0.05, 0.1) is 11.9 Å². The van der Waals surface area contributed by atoms with Gasteiger partial charge in [0.15, 0.2) is 11.4 Å². The second-order valence-corrected chi connectivity index (χ2v) is 7.56. The number of hydrogen-bond acceptors (Lipinski definition) is 5. The lowest BCUT2D eigenvalue weighted by Gasteiger charge is -2.14. The molecule has 0 fully saturated rings. The minimum Gasteiger partial charge on any atom is -0.454 e. The van der Waals surface area contributed by atoms with Crippen LogP contribution < -0.4 is 21.1 Å². The minimum atomic E-state index is -0.382. The van der Waals surface area contributed by atoms with Crippen LogP contribution in [0.4, 0.5) is 16.3 Å². The normalized spacial score (nSPS) is 11.1. The largest absolute Gasteiger partial charge is 0.454 e. The first-order valence-electron chi connectivity index (χ1n) is 10.2. The van der Waals surface area contributed by atoms with E-state index in [0.717, 1.165) is 10.8 Å². The topological polar surface area (TPSA) is 108 Å². The molecule has 3 heterocycles. The summed E-state index contributed by atoms with van der Waals surface area (Å²) in [6.07, 6.45) is 3.22. The molecule has 0 aliphatic heterocycles. The standard InChI is InChI=1S/C23H21N7O3/c1-28-20-18(10-12-24-21(20)29(2)23(28)32)33-17-9-8-16(14-6-4-5-7-15(14)17)26-22(31)27-19-11-13-25-30(19)3/h4-13H,1-3H3,(H2,26,27,31). The first kappa shape index (κ1) is 20.3. The number of fused-ring (bicyclic) bond motifs is 2. The van der Waals surface area contributed by atoms with E-state index >= 15 is 0 Å². The summed E-state index contributed by atoms with van der Waals surface area (Å²) >= 11 is 0. The van der Waals surface area contributed by atoms with Gasteiger partial charge in [-0.2, -0.15) is 5.10 Å². The number of ether oxygens (including phenoxy) is 1. The van der Waals surface area contributed by atoms with E-state index in [9.17, 15) is 9.59 Å². The van der Waals surface area contributed by atoms with Crippen LogP contribution in [0.3, 0.4) is 0 Å². The van der Waals surface area contributed by atoms with E-state index in [4.69, 9.17) is 4.74 Å². The van der Waals surface area contributed by atoms with Crippen LogP contribution in [0.1, 0.15) is 0 Å². The molecule has 0 saturated carbocycles. The molecular weight excluding hydrogens is 422 g/mol. The summed E-state index contributed by atoms with van der Waals surface area (Å²) in [5, 5.41) is 11.3. The van der Waals surface area contributed by atoms with Gasteiger partial charge < -0.3 is 10.1 Å². The quantitative estimate of drug-likeness (QED) is 0.441. The fourth-order valence-corrected chi connectivity index (χ4v) is 3.83. The zero-order valence-electron chi connectivity index (χ0n) is 18.2. The number of pyridine rings is 1. The van der Waals surface area contributed by atoms with Crippen molar-refractivity contribution in [3.63, 3.8) is 0 Å². The molecule has 33 heavy (non-hydrogen) atoms. The van der Waals surface area contributed by atoms with E-state index in [1.807, 2.05) is 24.3 Å². The number of aromatic nitrogens is 5. The Bertz CT molecular complexity index is 1580. The molecule has 0 radical (unpaired) electrons. The number of aryl methyl sites for hydroxylation is 3. The lowest BCUT2D eigenvalue weighted by molar-refractivity contribution is 0.262. The number of nitrogens with zero attached hydrogens (tertiary/aromatic N) is 5. The molecular formula is C23H21N7O3. The lowest BCUT2D eigenvalue weighted by atomic mass is 10.1. The summed E-state index contributed by atoms with van der Waals surface area (Å²) < 4.78 is 10.8. The first-order chi connectivity index (χ1) is 15.9. The SMILES string of the molecule is Cn1nccc1NC(=O)Nc1ccc(Oc2ccnc3c2n(C)c(=O)n3C)c2ccccc12. The second kappa shape index (κ2) is 7.83. The van der Waals surface area contributed by atoms with Crippen LogP contribution >= 0.6 is 0 Å². The van der Waals surface area contributed by atoms with Gasteiger partial charge in [0.1, 0.15) is 17.1 Å². The summed E-state index contributed by atoms with van der Waals surface area (Å²) in [5.41, 5.74) is 1.59. The van der Waals surface area contributed by atoms with Crippen LogP contribution in [-0.4, -0.2) is 29.9 Å². The van der Waals surface area contributed by atoms with Gasteiger partial charge in [-0.15, -0.1) is 0 Å². The van der Waals surface area contributed by atoms with E-state index in [2.05, 4.69) is 20.7 Å². The van der Waals surface area contributed by atoms with Crippen molar-refractivity contribution < 1.29 is 9.53 Å². The number of amides is 2. The number of nitrogens with one attached hydrogen (secondary N) is 2. The maximum Gasteiger partial charge on any atom is 0.329 e. The van der Waals surface area contributed by atoms with Crippen LogP contribution in [0.5, 0.6) is 11.5 Å². The number of hydrogen-bond donors (Lipinski definition) is 2. The molecule has 0 atom stereocenters. The Balaban J connectivity index is 1.51. The van der Waals surface area contributed by atoms with Gasteiger partial charge in [-0.25, -0.2) is 14.6 Å². The Hall–Kier alpha value is -4.60. The lowest BCUT2D eigenvalue weighted by Crippen LogP contribution is -2.21. The maximum absolute atomic E-state index is 12.5.